The summed E-state index contributed by atoms with van der Waals surface area (Å²) in [5.41, 5.74) is 1.33. The lowest BCUT2D eigenvalue weighted by Crippen LogP contribution is -2.17. The van der Waals surface area contributed by atoms with Gasteiger partial charge in [-0.1, -0.05) is 24.4 Å². The first kappa shape index (κ1) is 21.4. The molecule has 7 nitrogen and oxygen atoms in total. The van der Waals surface area contributed by atoms with Crippen LogP contribution in [0.4, 0.5) is 10.2 Å². The van der Waals surface area contributed by atoms with E-state index in [1.54, 1.807) is 18.5 Å². The number of fused-ring (bicyclic) bond motifs is 1. The topological polar surface area (TPSA) is 101 Å². The number of nitrogens with zero attached hydrogens (tertiary/aromatic N) is 3. The van der Waals surface area contributed by atoms with E-state index in [1.165, 1.54) is 6.26 Å². The summed E-state index contributed by atoms with van der Waals surface area (Å²) in [5.74, 6) is 0.156. The van der Waals surface area contributed by atoms with Gasteiger partial charge in [-0.15, -0.1) is 0 Å². The zero-order valence-corrected chi connectivity index (χ0v) is 17.8. The lowest BCUT2D eigenvalue weighted by molar-refractivity contribution is 0.580. The van der Waals surface area contributed by atoms with Gasteiger partial charge in [-0.25, -0.2) is 27.8 Å². The molecule has 0 aromatic carbocycles. The molecule has 3 rings (SSSR count). The van der Waals surface area contributed by atoms with E-state index < -0.39 is 15.7 Å². The second-order valence-electron chi connectivity index (χ2n) is 7.17. The van der Waals surface area contributed by atoms with E-state index in [0.717, 1.165) is 30.8 Å². The third-order valence-corrected chi connectivity index (χ3v) is 5.76. The van der Waals surface area contributed by atoms with Gasteiger partial charge in [-0.2, -0.15) is 0 Å². The summed E-state index contributed by atoms with van der Waals surface area (Å²) < 4.78 is 36.5. The Hall–Kier alpha value is -2.26. The predicted molar refractivity (Wildman–Crippen MR) is 113 cm³/mol. The Morgan fingerprint density at radius 2 is 2.03 bits per heavy atom. The molecule has 1 unspecified atom stereocenters. The minimum Gasteiger partial charge on any atom is -0.365 e. The zero-order valence-electron chi connectivity index (χ0n) is 16.2. The van der Waals surface area contributed by atoms with Gasteiger partial charge in [0, 0.05) is 41.4 Å². The fraction of sp³-hybridized carbons (Fsp3) is 0.421. The number of aromatic amines is 1. The summed E-state index contributed by atoms with van der Waals surface area (Å²) in [5, 5.41) is 4.33. The number of H-pyrrole nitrogens is 1. The maximum Gasteiger partial charge on any atom is 0.183 e. The van der Waals surface area contributed by atoms with E-state index >= 15 is 0 Å². The van der Waals surface area contributed by atoms with Gasteiger partial charge in [-0.3, -0.25) is 0 Å². The minimum atomic E-state index is -2.92. The number of hydrogen-bond acceptors (Lipinski definition) is 6. The molecule has 0 radical (unpaired) electrons. The minimum absolute atomic E-state index is 0.0236. The smallest absolute Gasteiger partial charge is 0.183 e. The summed E-state index contributed by atoms with van der Waals surface area (Å²) >= 11 is 6.03. The number of nitrogens with one attached hydrogen (secondary N) is 2. The lowest BCUT2D eigenvalue weighted by Gasteiger charge is -2.15. The fourth-order valence-electron chi connectivity index (χ4n) is 3.06. The standard InChI is InChI=1S/C19H23ClFN5O2S/c1-12(6-4-3-5-7-29(2,27)28)25-19-16(21)11-24-18(26-19)15-10-23-17-14(15)8-13(20)9-22-17/h8-12H,3-7H2,1-2H3,(H,22,23)(H,24,25,26). The highest BCUT2D eigenvalue weighted by atomic mass is 35.5. The largest absolute Gasteiger partial charge is 0.365 e. The molecule has 0 spiro atoms. The molecule has 0 aliphatic rings. The highest BCUT2D eigenvalue weighted by Gasteiger charge is 2.15. The average molecular weight is 440 g/mol. The third-order valence-electron chi connectivity index (χ3n) is 4.52. The summed E-state index contributed by atoms with van der Waals surface area (Å²) in [6.45, 7) is 1.94. The molecule has 0 bridgehead atoms. The summed E-state index contributed by atoms with van der Waals surface area (Å²) in [7, 11) is -2.92. The van der Waals surface area contributed by atoms with E-state index in [9.17, 15) is 12.8 Å². The number of pyridine rings is 1. The van der Waals surface area contributed by atoms with Crippen molar-refractivity contribution < 1.29 is 12.8 Å². The van der Waals surface area contributed by atoms with E-state index in [1.807, 2.05) is 6.92 Å². The highest BCUT2D eigenvalue weighted by molar-refractivity contribution is 7.90. The van der Waals surface area contributed by atoms with Gasteiger partial charge in [0.2, 0.25) is 0 Å². The first-order valence-electron chi connectivity index (χ1n) is 9.33. The van der Waals surface area contributed by atoms with E-state index in [0.29, 0.717) is 28.5 Å². The van der Waals surface area contributed by atoms with E-state index in [-0.39, 0.29) is 17.6 Å². The van der Waals surface area contributed by atoms with E-state index in [2.05, 4.69) is 25.3 Å². The van der Waals surface area contributed by atoms with Crippen LogP contribution in [0.25, 0.3) is 22.4 Å². The molecule has 156 valence electrons. The summed E-state index contributed by atoms with van der Waals surface area (Å²) in [6, 6.07) is 1.74. The van der Waals surface area contributed by atoms with Gasteiger partial charge in [0.1, 0.15) is 15.5 Å². The molecule has 3 heterocycles. The second-order valence-corrected chi connectivity index (χ2v) is 9.86. The molecule has 10 heteroatoms. The molecule has 2 N–H and O–H groups in total. The molecule has 0 amide bonds. The number of aromatic nitrogens is 4. The first-order chi connectivity index (χ1) is 13.7. The molecule has 3 aromatic heterocycles. The van der Waals surface area contributed by atoms with Crippen molar-refractivity contribution in [3.8, 4) is 11.4 Å². The van der Waals surface area contributed by atoms with Crippen LogP contribution in [0.15, 0.2) is 24.7 Å². The van der Waals surface area contributed by atoms with Crippen LogP contribution in [0.2, 0.25) is 5.02 Å². The van der Waals surface area contributed by atoms with Crippen molar-refractivity contribution in [1.82, 2.24) is 19.9 Å². The van der Waals surface area contributed by atoms with Gasteiger partial charge < -0.3 is 10.3 Å². The van der Waals surface area contributed by atoms with Gasteiger partial charge >= 0.3 is 0 Å². The molecule has 1 atom stereocenters. The predicted octanol–water partition coefficient (Wildman–Crippen LogP) is 4.22. The van der Waals surface area contributed by atoms with Gasteiger partial charge in [0.15, 0.2) is 17.5 Å². The number of rotatable bonds is 9. The Morgan fingerprint density at radius 3 is 2.79 bits per heavy atom. The Labute approximate surface area is 174 Å². The number of unbranched alkanes of at least 4 members (excludes halogenated alkanes) is 2. The average Bonchev–Trinajstić information content (AvgIpc) is 3.05. The third kappa shape index (κ3) is 5.86. The van der Waals surface area contributed by atoms with E-state index in [4.69, 9.17) is 11.6 Å². The number of anilines is 1. The van der Waals surface area contributed by atoms with Crippen molar-refractivity contribution in [2.45, 2.75) is 38.6 Å². The highest BCUT2D eigenvalue weighted by Crippen LogP contribution is 2.28. The lowest BCUT2D eigenvalue weighted by atomic mass is 10.1. The van der Waals surface area contributed by atoms with Crippen LogP contribution >= 0.6 is 11.6 Å². The maximum atomic E-state index is 14.2. The maximum absolute atomic E-state index is 14.2. The molecule has 0 aliphatic carbocycles. The summed E-state index contributed by atoms with van der Waals surface area (Å²) in [4.78, 5) is 15.7. The second kappa shape index (κ2) is 9.04. The van der Waals surface area contributed by atoms with Gasteiger partial charge in [0.05, 0.1) is 11.2 Å². The van der Waals surface area contributed by atoms with Crippen LogP contribution in [0.1, 0.15) is 32.6 Å². The zero-order chi connectivity index (χ0) is 21.0. The number of sulfone groups is 1. The van der Waals surface area contributed by atoms with Crippen LogP contribution in [-0.2, 0) is 9.84 Å². The summed E-state index contributed by atoms with van der Waals surface area (Å²) in [6.07, 6.45) is 8.70. The fourth-order valence-corrected chi connectivity index (χ4v) is 3.94. The molecular weight excluding hydrogens is 417 g/mol. The van der Waals surface area contributed by atoms with Gasteiger partial charge in [0.25, 0.3) is 0 Å². The van der Waals surface area contributed by atoms with Crippen molar-refractivity contribution in [2.75, 3.05) is 17.3 Å². The number of halogens is 2. The molecule has 3 aromatic rings. The Kier molecular flexibility index (Phi) is 6.69. The SMILES string of the molecule is CC(CCCCCS(C)(=O)=O)Nc1nc(-c2c[nH]c3ncc(Cl)cc23)ncc1F. The molecule has 29 heavy (non-hydrogen) atoms. The molecule has 0 fully saturated rings. The quantitative estimate of drug-likeness (QED) is 0.484. The van der Waals surface area contributed by atoms with Crippen molar-refractivity contribution in [2.24, 2.45) is 0 Å². The normalized spacial score (nSPS) is 13.0. The van der Waals surface area contributed by atoms with Crippen molar-refractivity contribution >= 4 is 38.3 Å². The Balaban J connectivity index is 1.67. The molecular formula is C19H23ClFN5O2S. The van der Waals surface area contributed by atoms with Crippen LogP contribution in [0.3, 0.4) is 0 Å². The molecule has 0 aliphatic heterocycles. The van der Waals surface area contributed by atoms with Crippen LogP contribution < -0.4 is 5.32 Å². The Bertz CT molecular complexity index is 1100. The van der Waals surface area contributed by atoms with Crippen molar-refractivity contribution in [3.63, 3.8) is 0 Å². The molecule has 0 saturated heterocycles. The van der Waals surface area contributed by atoms with Gasteiger partial charge in [-0.05, 0) is 25.8 Å². The van der Waals surface area contributed by atoms with Crippen molar-refractivity contribution in [1.29, 1.82) is 0 Å². The monoisotopic (exact) mass is 439 g/mol. The molecule has 0 saturated carbocycles. The number of hydrogen-bond donors (Lipinski definition) is 2. The first-order valence-corrected chi connectivity index (χ1v) is 11.8. The Morgan fingerprint density at radius 1 is 1.24 bits per heavy atom. The van der Waals surface area contributed by atoms with Crippen LogP contribution in [0.5, 0.6) is 0 Å². The van der Waals surface area contributed by atoms with Crippen LogP contribution in [0, 0.1) is 5.82 Å². The van der Waals surface area contributed by atoms with Crippen molar-refractivity contribution in [3.05, 3.63) is 35.5 Å². The van der Waals surface area contributed by atoms with Crippen LogP contribution in [-0.4, -0.2) is 46.4 Å².